The molecule has 0 fully saturated rings. The van der Waals surface area contributed by atoms with E-state index in [2.05, 4.69) is 36.3 Å². The molecule has 0 aliphatic heterocycles. The summed E-state index contributed by atoms with van der Waals surface area (Å²) in [6, 6.07) is 1.97. The molecule has 0 spiro atoms. The van der Waals surface area contributed by atoms with Gasteiger partial charge in [0.25, 0.3) is 0 Å². The molecule has 3 aromatic rings. The quantitative estimate of drug-likeness (QED) is 0.562. The van der Waals surface area contributed by atoms with Crippen LogP contribution in [0.3, 0.4) is 0 Å². The van der Waals surface area contributed by atoms with Crippen molar-refractivity contribution in [1.29, 1.82) is 0 Å². The van der Waals surface area contributed by atoms with Crippen LogP contribution in [0.2, 0.25) is 0 Å². The Hall–Kier alpha value is -1.23. The Morgan fingerprint density at radius 1 is 1.50 bits per heavy atom. The van der Waals surface area contributed by atoms with Crippen molar-refractivity contribution in [1.82, 2.24) is 24.9 Å². The average Bonchev–Trinajstić information content (AvgIpc) is 3.23. The number of thiophene rings is 1. The summed E-state index contributed by atoms with van der Waals surface area (Å²) in [6.07, 6.45) is 1.68. The lowest BCUT2D eigenvalue weighted by Crippen LogP contribution is -2.04. The highest BCUT2D eigenvalue weighted by molar-refractivity contribution is 9.10. The van der Waals surface area contributed by atoms with Gasteiger partial charge in [-0.15, -0.1) is 21.5 Å². The van der Waals surface area contributed by atoms with Gasteiger partial charge >= 0.3 is 0 Å². The molecule has 0 saturated carbocycles. The van der Waals surface area contributed by atoms with Crippen LogP contribution in [0.5, 0.6) is 0 Å². The fraction of sp³-hybridized carbons (Fsp3) is 0.333. The summed E-state index contributed by atoms with van der Waals surface area (Å²) in [4.78, 5) is 5.36. The van der Waals surface area contributed by atoms with Crippen molar-refractivity contribution in [3.05, 3.63) is 28.1 Å². The molecule has 22 heavy (non-hydrogen) atoms. The zero-order chi connectivity index (χ0) is 15.4. The van der Waals surface area contributed by atoms with Crippen molar-refractivity contribution >= 4 is 39.0 Å². The maximum Gasteiger partial charge on any atom is 0.237 e. The molecule has 0 N–H and O–H groups in total. The lowest BCUT2D eigenvalue weighted by molar-refractivity contribution is 0.184. The van der Waals surface area contributed by atoms with Gasteiger partial charge in [-0.05, 0) is 22.0 Å². The van der Waals surface area contributed by atoms with Gasteiger partial charge in [-0.2, -0.15) is 4.98 Å². The minimum atomic E-state index is 0.547. The third kappa shape index (κ3) is 3.75. The Morgan fingerprint density at radius 3 is 3.18 bits per heavy atom. The van der Waals surface area contributed by atoms with E-state index in [1.54, 1.807) is 24.8 Å². The predicted molar refractivity (Wildman–Crippen MR) is 86.8 cm³/mol. The molecule has 116 valence electrons. The highest BCUT2D eigenvalue weighted by Gasteiger charge is 2.12. The van der Waals surface area contributed by atoms with Gasteiger partial charge in [0.1, 0.15) is 6.33 Å². The van der Waals surface area contributed by atoms with E-state index in [0.29, 0.717) is 30.6 Å². The van der Waals surface area contributed by atoms with Crippen molar-refractivity contribution in [3.8, 4) is 10.7 Å². The highest BCUT2D eigenvalue weighted by atomic mass is 79.9. The largest absolute Gasteiger partial charge is 0.383 e. The zero-order valence-electron chi connectivity index (χ0n) is 11.6. The minimum absolute atomic E-state index is 0.547. The smallest absolute Gasteiger partial charge is 0.237 e. The Morgan fingerprint density at radius 2 is 2.41 bits per heavy atom. The molecule has 0 amide bonds. The number of ether oxygens (including phenoxy) is 1. The molecule has 0 aliphatic rings. The molecule has 0 aliphatic carbocycles. The molecule has 0 radical (unpaired) electrons. The molecule has 0 atom stereocenters. The standard InChI is InChI=1S/C12H12BrN5O2S2/c1-19-3-2-18-7-14-16-12(18)22-6-10-15-11(17-20-10)9-4-8(13)5-21-9/h4-5,7H,2-3,6H2,1H3. The van der Waals surface area contributed by atoms with Gasteiger partial charge in [0.15, 0.2) is 5.16 Å². The summed E-state index contributed by atoms with van der Waals surface area (Å²) in [6.45, 7) is 1.33. The Bertz CT molecular complexity index is 741. The van der Waals surface area contributed by atoms with Crippen molar-refractivity contribution in [2.24, 2.45) is 0 Å². The lowest BCUT2D eigenvalue weighted by atomic mass is 10.4. The number of hydrogen-bond donors (Lipinski definition) is 0. The summed E-state index contributed by atoms with van der Waals surface area (Å²) in [5, 5.41) is 14.8. The average molecular weight is 402 g/mol. The molecule has 0 saturated heterocycles. The van der Waals surface area contributed by atoms with Crippen LogP contribution in [0.4, 0.5) is 0 Å². The van der Waals surface area contributed by atoms with Gasteiger partial charge in [0.05, 0.1) is 17.2 Å². The van der Waals surface area contributed by atoms with E-state index in [1.165, 1.54) is 11.8 Å². The first-order valence-electron chi connectivity index (χ1n) is 6.33. The fourth-order valence-corrected chi connectivity index (χ4v) is 3.80. The molecule has 3 aromatic heterocycles. The van der Waals surface area contributed by atoms with E-state index in [0.717, 1.165) is 14.5 Å². The van der Waals surface area contributed by atoms with Crippen LogP contribution >= 0.6 is 39.0 Å². The number of nitrogens with zero attached hydrogens (tertiary/aromatic N) is 5. The first-order chi connectivity index (χ1) is 10.8. The normalized spacial score (nSPS) is 11.2. The van der Waals surface area contributed by atoms with Crippen molar-refractivity contribution in [2.75, 3.05) is 13.7 Å². The SMILES string of the molecule is COCCn1cnnc1SCc1nc(-c2cc(Br)cs2)no1. The van der Waals surface area contributed by atoms with E-state index in [9.17, 15) is 0 Å². The Labute approximate surface area is 143 Å². The number of thioether (sulfide) groups is 1. The van der Waals surface area contributed by atoms with Gasteiger partial charge in [-0.1, -0.05) is 16.9 Å². The zero-order valence-corrected chi connectivity index (χ0v) is 14.8. The molecule has 0 aromatic carbocycles. The minimum Gasteiger partial charge on any atom is -0.383 e. The molecule has 7 nitrogen and oxygen atoms in total. The maximum absolute atomic E-state index is 5.27. The number of methoxy groups -OCH3 is 1. The van der Waals surface area contributed by atoms with E-state index in [4.69, 9.17) is 9.26 Å². The molecule has 3 heterocycles. The summed E-state index contributed by atoms with van der Waals surface area (Å²) in [5.74, 6) is 1.71. The summed E-state index contributed by atoms with van der Waals surface area (Å²) in [7, 11) is 1.67. The Kier molecular flexibility index (Phi) is 5.24. The van der Waals surface area contributed by atoms with Crippen LogP contribution in [0.25, 0.3) is 10.7 Å². The van der Waals surface area contributed by atoms with E-state index >= 15 is 0 Å². The van der Waals surface area contributed by atoms with Gasteiger partial charge < -0.3 is 13.8 Å². The summed E-state index contributed by atoms with van der Waals surface area (Å²) >= 11 is 6.48. The molecule has 0 bridgehead atoms. The molecule has 0 unspecified atom stereocenters. The van der Waals surface area contributed by atoms with Crippen LogP contribution in [0.1, 0.15) is 5.89 Å². The lowest BCUT2D eigenvalue weighted by Gasteiger charge is -2.03. The van der Waals surface area contributed by atoms with Gasteiger partial charge in [0.2, 0.25) is 11.7 Å². The van der Waals surface area contributed by atoms with E-state index in [1.807, 2.05) is 16.0 Å². The topological polar surface area (TPSA) is 78.9 Å². The first-order valence-corrected chi connectivity index (χ1v) is 8.98. The molecular weight excluding hydrogens is 390 g/mol. The van der Waals surface area contributed by atoms with Crippen LogP contribution in [-0.4, -0.2) is 38.6 Å². The molecular formula is C12H12BrN5O2S2. The highest BCUT2D eigenvalue weighted by Crippen LogP contribution is 2.28. The number of aromatic nitrogens is 5. The van der Waals surface area contributed by atoms with Crippen LogP contribution in [0, 0.1) is 0 Å². The van der Waals surface area contributed by atoms with Gasteiger partial charge in [-0.3, -0.25) is 0 Å². The molecule has 10 heteroatoms. The van der Waals surface area contributed by atoms with Crippen LogP contribution in [0.15, 0.2) is 31.9 Å². The number of hydrogen-bond acceptors (Lipinski definition) is 8. The first kappa shape index (κ1) is 15.7. The Balaban J connectivity index is 1.63. The second-order valence-corrected chi connectivity index (χ2v) is 7.00. The van der Waals surface area contributed by atoms with E-state index in [-0.39, 0.29) is 0 Å². The second kappa shape index (κ2) is 7.36. The van der Waals surface area contributed by atoms with Crippen molar-refractivity contribution in [3.63, 3.8) is 0 Å². The van der Waals surface area contributed by atoms with Crippen LogP contribution in [-0.2, 0) is 17.0 Å². The summed E-state index contributed by atoms with van der Waals surface area (Å²) < 4.78 is 13.3. The second-order valence-electron chi connectivity index (χ2n) is 4.23. The molecule has 3 rings (SSSR count). The predicted octanol–water partition coefficient (Wildman–Crippen LogP) is 3.09. The number of rotatable bonds is 7. The van der Waals surface area contributed by atoms with Crippen molar-refractivity contribution in [2.45, 2.75) is 17.5 Å². The van der Waals surface area contributed by atoms with Crippen molar-refractivity contribution < 1.29 is 9.26 Å². The van der Waals surface area contributed by atoms with Gasteiger partial charge in [-0.25, -0.2) is 0 Å². The monoisotopic (exact) mass is 401 g/mol. The number of halogens is 1. The summed E-state index contributed by atoms with van der Waals surface area (Å²) in [5.41, 5.74) is 0. The van der Waals surface area contributed by atoms with Gasteiger partial charge in [0, 0.05) is 23.5 Å². The maximum atomic E-state index is 5.27. The van der Waals surface area contributed by atoms with E-state index < -0.39 is 0 Å². The van der Waals surface area contributed by atoms with Crippen LogP contribution < -0.4 is 0 Å². The third-order valence-electron chi connectivity index (χ3n) is 2.70. The third-order valence-corrected chi connectivity index (χ3v) is 5.35. The fourth-order valence-electron chi connectivity index (χ4n) is 1.67.